The van der Waals surface area contributed by atoms with Crippen LogP contribution in [-0.4, -0.2) is 0 Å². The summed E-state index contributed by atoms with van der Waals surface area (Å²) in [5.74, 6) is 0. The van der Waals surface area contributed by atoms with Crippen LogP contribution in [0, 0.1) is 6.92 Å². The van der Waals surface area contributed by atoms with E-state index in [2.05, 4.69) is 146 Å². The normalized spacial score (nSPS) is 13.5. The summed E-state index contributed by atoms with van der Waals surface area (Å²) in [7, 11) is 0. The molecule has 6 aromatic carbocycles. The minimum absolute atomic E-state index is 0.379. The highest BCUT2D eigenvalue weighted by Crippen LogP contribution is 2.56. The number of hydrogen-bond donors (Lipinski definition) is 0. The SMILES string of the molecule is Cc1ccc2oc3c(-c4ccc(C5(c6ccccc6)c6ccccc6-c6ccccc65)cc4)cccc3c2c1. The first kappa shape index (κ1) is 22.1. The number of para-hydroxylation sites is 1. The van der Waals surface area contributed by atoms with Gasteiger partial charge < -0.3 is 4.42 Å². The van der Waals surface area contributed by atoms with Gasteiger partial charge in [-0.2, -0.15) is 0 Å². The van der Waals surface area contributed by atoms with E-state index in [-0.39, 0.29) is 5.41 Å². The summed E-state index contributed by atoms with van der Waals surface area (Å²) in [4.78, 5) is 0. The maximum Gasteiger partial charge on any atom is 0.143 e. The second kappa shape index (κ2) is 8.31. The molecule has 0 saturated heterocycles. The molecule has 0 unspecified atom stereocenters. The first-order chi connectivity index (χ1) is 19.2. The highest BCUT2D eigenvalue weighted by Gasteiger charge is 2.45. The van der Waals surface area contributed by atoms with Crippen LogP contribution in [0.25, 0.3) is 44.2 Å². The van der Waals surface area contributed by atoms with Crippen molar-refractivity contribution >= 4 is 21.9 Å². The van der Waals surface area contributed by atoms with E-state index >= 15 is 0 Å². The Balaban J connectivity index is 1.36. The Kier molecular flexibility index (Phi) is 4.72. The predicted octanol–water partition coefficient (Wildman–Crippen LogP) is 9.92. The van der Waals surface area contributed by atoms with Crippen LogP contribution in [0.4, 0.5) is 0 Å². The van der Waals surface area contributed by atoms with Gasteiger partial charge in [-0.3, -0.25) is 0 Å². The van der Waals surface area contributed by atoms with Crippen molar-refractivity contribution in [3.8, 4) is 22.3 Å². The van der Waals surface area contributed by atoms with Crippen LogP contribution >= 0.6 is 0 Å². The number of furan rings is 1. The number of hydrogen-bond acceptors (Lipinski definition) is 1. The number of benzene rings is 6. The number of fused-ring (bicyclic) bond motifs is 6. The maximum absolute atomic E-state index is 6.41. The molecule has 184 valence electrons. The van der Waals surface area contributed by atoms with Gasteiger partial charge in [0.05, 0.1) is 5.41 Å². The molecule has 0 fully saturated rings. The third kappa shape index (κ3) is 3.08. The largest absolute Gasteiger partial charge is 0.455 e. The van der Waals surface area contributed by atoms with E-state index in [0.29, 0.717) is 0 Å². The quantitative estimate of drug-likeness (QED) is 0.236. The van der Waals surface area contributed by atoms with Gasteiger partial charge >= 0.3 is 0 Å². The average Bonchev–Trinajstić information content (AvgIpc) is 3.52. The fraction of sp³-hybridized carbons (Fsp3) is 0.0526. The summed E-state index contributed by atoms with van der Waals surface area (Å²) < 4.78 is 6.41. The second-order valence-corrected chi connectivity index (χ2v) is 10.6. The topological polar surface area (TPSA) is 13.1 Å². The zero-order valence-electron chi connectivity index (χ0n) is 21.7. The molecule has 0 N–H and O–H groups in total. The molecule has 1 aromatic heterocycles. The van der Waals surface area contributed by atoms with E-state index in [9.17, 15) is 0 Å². The van der Waals surface area contributed by atoms with Crippen molar-refractivity contribution in [2.75, 3.05) is 0 Å². The van der Waals surface area contributed by atoms with E-state index < -0.39 is 0 Å². The summed E-state index contributed by atoms with van der Waals surface area (Å²) in [5, 5.41) is 2.33. The van der Waals surface area contributed by atoms with Crippen molar-refractivity contribution in [3.05, 3.63) is 167 Å². The molecular weight excluding hydrogens is 472 g/mol. The van der Waals surface area contributed by atoms with Crippen molar-refractivity contribution in [1.29, 1.82) is 0 Å². The monoisotopic (exact) mass is 498 g/mol. The van der Waals surface area contributed by atoms with E-state index in [1.807, 2.05) is 0 Å². The first-order valence-corrected chi connectivity index (χ1v) is 13.5. The zero-order valence-corrected chi connectivity index (χ0v) is 21.7. The lowest BCUT2D eigenvalue weighted by atomic mass is 9.67. The van der Waals surface area contributed by atoms with Crippen LogP contribution in [0.5, 0.6) is 0 Å². The smallest absolute Gasteiger partial charge is 0.143 e. The molecule has 8 rings (SSSR count). The molecule has 1 heteroatoms. The molecule has 39 heavy (non-hydrogen) atoms. The zero-order chi connectivity index (χ0) is 26.0. The molecule has 1 aliphatic rings. The van der Waals surface area contributed by atoms with Crippen LogP contribution in [-0.2, 0) is 5.41 Å². The van der Waals surface area contributed by atoms with Crippen molar-refractivity contribution < 1.29 is 4.42 Å². The Morgan fingerprint density at radius 3 is 1.82 bits per heavy atom. The van der Waals surface area contributed by atoms with Gasteiger partial charge in [-0.25, -0.2) is 0 Å². The van der Waals surface area contributed by atoms with Crippen LogP contribution < -0.4 is 0 Å². The maximum atomic E-state index is 6.41. The molecule has 0 bridgehead atoms. The van der Waals surface area contributed by atoms with E-state index in [4.69, 9.17) is 4.42 Å². The fourth-order valence-electron chi connectivity index (χ4n) is 6.75. The minimum atomic E-state index is -0.379. The summed E-state index contributed by atoms with van der Waals surface area (Å²) in [6, 6.07) is 50.7. The Morgan fingerprint density at radius 1 is 0.487 bits per heavy atom. The average molecular weight is 499 g/mol. The third-order valence-electron chi connectivity index (χ3n) is 8.44. The van der Waals surface area contributed by atoms with Gasteiger partial charge in [0.15, 0.2) is 0 Å². The van der Waals surface area contributed by atoms with E-state index in [0.717, 1.165) is 27.7 Å². The number of rotatable bonds is 3. The van der Waals surface area contributed by atoms with Crippen molar-refractivity contribution in [2.45, 2.75) is 12.3 Å². The van der Waals surface area contributed by atoms with Gasteiger partial charge in [-0.05, 0) is 58.0 Å². The van der Waals surface area contributed by atoms with Gasteiger partial charge in [-0.1, -0.05) is 133 Å². The van der Waals surface area contributed by atoms with Gasteiger partial charge in [0.1, 0.15) is 11.2 Å². The summed E-state index contributed by atoms with van der Waals surface area (Å²) >= 11 is 0. The molecule has 0 atom stereocenters. The standard InChI is InChI=1S/C38H26O/c1-25-18-23-36-33(24-25)32-15-9-14-29(37(32)39-36)26-19-21-28(22-20-26)38(27-10-3-2-4-11-27)34-16-7-5-12-30(34)31-13-6-8-17-35(31)38/h2-24H,1H3. The van der Waals surface area contributed by atoms with E-state index in [1.165, 1.54) is 44.3 Å². The molecule has 1 heterocycles. The summed E-state index contributed by atoms with van der Waals surface area (Å²) in [6.45, 7) is 2.13. The Bertz CT molecular complexity index is 1960. The molecule has 0 aliphatic heterocycles. The van der Waals surface area contributed by atoms with Crippen LogP contribution in [0.2, 0.25) is 0 Å². The molecule has 7 aromatic rings. The summed E-state index contributed by atoms with van der Waals surface area (Å²) in [6.07, 6.45) is 0. The second-order valence-electron chi connectivity index (χ2n) is 10.6. The van der Waals surface area contributed by atoms with Gasteiger partial charge in [0.25, 0.3) is 0 Å². The lowest BCUT2D eigenvalue weighted by Crippen LogP contribution is -2.28. The Labute approximate surface area is 228 Å². The Hall–Kier alpha value is -4.88. The van der Waals surface area contributed by atoms with Crippen LogP contribution in [0.3, 0.4) is 0 Å². The van der Waals surface area contributed by atoms with Crippen LogP contribution in [0.15, 0.2) is 144 Å². The van der Waals surface area contributed by atoms with Crippen LogP contribution in [0.1, 0.15) is 27.8 Å². The predicted molar refractivity (Wildman–Crippen MR) is 161 cm³/mol. The fourth-order valence-corrected chi connectivity index (χ4v) is 6.75. The van der Waals surface area contributed by atoms with Gasteiger partial charge in [0.2, 0.25) is 0 Å². The molecule has 0 amide bonds. The molecule has 0 radical (unpaired) electrons. The molecule has 0 spiro atoms. The third-order valence-corrected chi connectivity index (χ3v) is 8.44. The first-order valence-electron chi connectivity index (χ1n) is 13.5. The van der Waals surface area contributed by atoms with Gasteiger partial charge in [-0.15, -0.1) is 0 Å². The molecule has 1 nitrogen and oxygen atoms in total. The van der Waals surface area contributed by atoms with Crippen molar-refractivity contribution in [3.63, 3.8) is 0 Å². The van der Waals surface area contributed by atoms with E-state index in [1.54, 1.807) is 0 Å². The highest BCUT2D eigenvalue weighted by atomic mass is 16.3. The lowest BCUT2D eigenvalue weighted by Gasteiger charge is -2.34. The lowest BCUT2D eigenvalue weighted by molar-refractivity contribution is 0.670. The van der Waals surface area contributed by atoms with Crippen molar-refractivity contribution in [1.82, 2.24) is 0 Å². The van der Waals surface area contributed by atoms with Crippen molar-refractivity contribution in [2.24, 2.45) is 0 Å². The summed E-state index contributed by atoms with van der Waals surface area (Å²) in [5.41, 5.74) is 12.8. The van der Waals surface area contributed by atoms with Gasteiger partial charge in [0, 0.05) is 16.3 Å². The minimum Gasteiger partial charge on any atom is -0.455 e. The number of aryl methyl sites for hydroxylation is 1. The molecule has 0 saturated carbocycles. The highest BCUT2D eigenvalue weighted by molar-refractivity contribution is 6.09. The molecule has 1 aliphatic carbocycles. The Morgan fingerprint density at radius 2 is 1.10 bits per heavy atom. The molecular formula is C38H26O.